The van der Waals surface area contributed by atoms with Crippen LogP contribution in [0.25, 0.3) is 0 Å². The molecular formula is C23H26ClN3O2. The number of para-hydroxylation sites is 1. The molecule has 1 heterocycles. The molecule has 0 aromatic heterocycles. The Kier molecular flexibility index (Phi) is 7.44. The molecule has 1 aliphatic rings. The molecule has 152 valence electrons. The highest BCUT2D eigenvalue weighted by molar-refractivity contribution is 6.30. The summed E-state index contributed by atoms with van der Waals surface area (Å²) < 4.78 is 0. The number of phenolic OH excluding ortho intramolecular Hbond substituents is 1. The molecule has 29 heavy (non-hydrogen) atoms. The van der Waals surface area contributed by atoms with Crippen LogP contribution in [0.3, 0.4) is 0 Å². The van der Waals surface area contributed by atoms with Gasteiger partial charge in [-0.05, 0) is 61.7 Å². The summed E-state index contributed by atoms with van der Waals surface area (Å²) in [5, 5.41) is 15.0. The molecule has 0 bridgehead atoms. The Balaban J connectivity index is 1.47. The summed E-state index contributed by atoms with van der Waals surface area (Å²) in [5.74, 6) is 0.0457. The Labute approximate surface area is 176 Å². The van der Waals surface area contributed by atoms with Gasteiger partial charge in [0.2, 0.25) is 5.91 Å². The first-order chi connectivity index (χ1) is 14.1. The van der Waals surface area contributed by atoms with Gasteiger partial charge in [0.1, 0.15) is 5.75 Å². The van der Waals surface area contributed by atoms with Crippen LogP contribution in [0.1, 0.15) is 29.5 Å². The number of nitrogens with one attached hydrogen (secondary N) is 1. The average molecular weight is 412 g/mol. The molecule has 2 N–H and O–H groups in total. The summed E-state index contributed by atoms with van der Waals surface area (Å²) in [7, 11) is 0. The second kappa shape index (κ2) is 10.2. The maximum Gasteiger partial charge on any atom is 0.243 e. The SMILES string of the molecule is C=CCc1cccc(/C=N\NC(=O)C2CCN(Cc3ccc(Cl)cc3)CC2)c1O. The van der Waals surface area contributed by atoms with Crippen molar-refractivity contribution in [3.63, 3.8) is 0 Å². The molecule has 2 aromatic carbocycles. The van der Waals surface area contributed by atoms with Crippen LogP contribution in [0, 0.1) is 5.92 Å². The normalized spacial score (nSPS) is 15.5. The summed E-state index contributed by atoms with van der Waals surface area (Å²) in [6.45, 7) is 6.29. The third kappa shape index (κ3) is 5.92. The van der Waals surface area contributed by atoms with Crippen LogP contribution in [0.4, 0.5) is 0 Å². The fourth-order valence-corrected chi connectivity index (χ4v) is 3.62. The summed E-state index contributed by atoms with van der Waals surface area (Å²) in [6, 6.07) is 13.3. The van der Waals surface area contributed by atoms with Crippen molar-refractivity contribution in [2.24, 2.45) is 11.0 Å². The number of amides is 1. The lowest BCUT2D eigenvalue weighted by Gasteiger charge is -2.30. The highest BCUT2D eigenvalue weighted by Gasteiger charge is 2.24. The molecule has 3 rings (SSSR count). The van der Waals surface area contributed by atoms with E-state index >= 15 is 0 Å². The number of carbonyl (C=O) groups excluding carboxylic acids is 1. The Morgan fingerprint density at radius 2 is 1.97 bits per heavy atom. The number of hydrogen-bond donors (Lipinski definition) is 2. The molecule has 0 atom stereocenters. The second-order valence-electron chi connectivity index (χ2n) is 7.26. The summed E-state index contributed by atoms with van der Waals surface area (Å²) in [4.78, 5) is 14.8. The van der Waals surface area contributed by atoms with Crippen molar-refractivity contribution in [1.82, 2.24) is 10.3 Å². The van der Waals surface area contributed by atoms with Crippen molar-refractivity contribution < 1.29 is 9.90 Å². The molecule has 0 radical (unpaired) electrons. The number of nitrogens with zero attached hydrogens (tertiary/aromatic N) is 2. The largest absolute Gasteiger partial charge is 0.507 e. The molecule has 1 aliphatic heterocycles. The van der Waals surface area contributed by atoms with E-state index in [0.717, 1.165) is 43.1 Å². The third-order valence-corrected chi connectivity index (χ3v) is 5.42. The average Bonchev–Trinajstić information content (AvgIpc) is 2.73. The molecule has 6 heteroatoms. The van der Waals surface area contributed by atoms with Crippen molar-refractivity contribution in [2.45, 2.75) is 25.8 Å². The van der Waals surface area contributed by atoms with Crippen LogP contribution in [0.2, 0.25) is 5.02 Å². The lowest BCUT2D eigenvalue weighted by atomic mass is 9.96. The zero-order valence-electron chi connectivity index (χ0n) is 16.4. The number of carbonyl (C=O) groups is 1. The second-order valence-corrected chi connectivity index (χ2v) is 7.70. The number of likely N-dealkylation sites (tertiary alicyclic amines) is 1. The van der Waals surface area contributed by atoms with Crippen LogP contribution in [0.5, 0.6) is 5.75 Å². The minimum absolute atomic E-state index is 0.0469. The van der Waals surface area contributed by atoms with Crippen LogP contribution in [-0.2, 0) is 17.8 Å². The molecule has 1 saturated heterocycles. The quantitative estimate of drug-likeness (QED) is 0.409. The molecule has 0 aliphatic carbocycles. The van der Waals surface area contributed by atoms with E-state index in [-0.39, 0.29) is 17.6 Å². The summed E-state index contributed by atoms with van der Waals surface area (Å²) in [6.07, 6.45) is 5.39. The Morgan fingerprint density at radius 3 is 2.66 bits per heavy atom. The molecule has 0 saturated carbocycles. The number of hydrogen-bond acceptors (Lipinski definition) is 4. The van der Waals surface area contributed by atoms with E-state index in [1.165, 1.54) is 11.8 Å². The molecule has 5 nitrogen and oxygen atoms in total. The van der Waals surface area contributed by atoms with Gasteiger partial charge in [0.05, 0.1) is 6.21 Å². The van der Waals surface area contributed by atoms with E-state index in [2.05, 4.69) is 22.0 Å². The van der Waals surface area contributed by atoms with Gasteiger partial charge in [0.25, 0.3) is 0 Å². The Morgan fingerprint density at radius 1 is 1.24 bits per heavy atom. The first kappa shape index (κ1) is 21.1. The maximum atomic E-state index is 12.4. The molecule has 2 aromatic rings. The Hall–Kier alpha value is -2.63. The first-order valence-corrected chi connectivity index (χ1v) is 10.2. The zero-order chi connectivity index (χ0) is 20.6. The van der Waals surface area contributed by atoms with Gasteiger partial charge < -0.3 is 5.11 Å². The predicted molar refractivity (Wildman–Crippen MR) is 117 cm³/mol. The van der Waals surface area contributed by atoms with Crippen LogP contribution < -0.4 is 5.43 Å². The van der Waals surface area contributed by atoms with Gasteiger partial charge in [-0.1, -0.05) is 41.9 Å². The van der Waals surface area contributed by atoms with Crippen molar-refractivity contribution in [1.29, 1.82) is 0 Å². The highest BCUT2D eigenvalue weighted by atomic mass is 35.5. The van der Waals surface area contributed by atoms with Crippen molar-refractivity contribution >= 4 is 23.7 Å². The van der Waals surface area contributed by atoms with Gasteiger partial charge in [0.15, 0.2) is 0 Å². The van der Waals surface area contributed by atoms with Crippen LogP contribution in [0.15, 0.2) is 60.2 Å². The number of phenols is 1. The number of rotatable bonds is 7. The lowest BCUT2D eigenvalue weighted by molar-refractivity contribution is -0.126. The fourth-order valence-electron chi connectivity index (χ4n) is 3.49. The molecule has 0 spiro atoms. The summed E-state index contributed by atoms with van der Waals surface area (Å²) >= 11 is 5.93. The number of hydrazone groups is 1. The first-order valence-electron chi connectivity index (χ1n) is 9.78. The molecule has 1 amide bonds. The van der Waals surface area contributed by atoms with E-state index in [0.29, 0.717) is 12.0 Å². The van der Waals surface area contributed by atoms with E-state index in [4.69, 9.17) is 11.6 Å². The maximum absolute atomic E-state index is 12.4. The predicted octanol–water partition coefficient (Wildman–Crippen LogP) is 4.14. The topological polar surface area (TPSA) is 64.9 Å². The van der Waals surface area contributed by atoms with Gasteiger partial charge in [-0.25, -0.2) is 5.43 Å². The van der Waals surface area contributed by atoms with E-state index < -0.39 is 0 Å². The van der Waals surface area contributed by atoms with Gasteiger partial charge >= 0.3 is 0 Å². The van der Waals surface area contributed by atoms with Gasteiger partial charge in [0, 0.05) is 23.0 Å². The zero-order valence-corrected chi connectivity index (χ0v) is 17.1. The Bertz CT molecular complexity index is 872. The third-order valence-electron chi connectivity index (χ3n) is 5.17. The number of benzene rings is 2. The lowest BCUT2D eigenvalue weighted by Crippen LogP contribution is -2.39. The van der Waals surface area contributed by atoms with Crippen molar-refractivity contribution in [3.8, 4) is 5.75 Å². The monoisotopic (exact) mass is 411 g/mol. The van der Waals surface area contributed by atoms with E-state index in [1.807, 2.05) is 36.4 Å². The molecular weight excluding hydrogens is 386 g/mol. The van der Waals surface area contributed by atoms with Crippen LogP contribution in [-0.4, -0.2) is 35.2 Å². The number of halogens is 1. The van der Waals surface area contributed by atoms with Gasteiger partial charge in [-0.2, -0.15) is 5.10 Å². The minimum Gasteiger partial charge on any atom is -0.507 e. The van der Waals surface area contributed by atoms with E-state index in [9.17, 15) is 9.90 Å². The van der Waals surface area contributed by atoms with Crippen LogP contribution >= 0.6 is 11.6 Å². The number of aromatic hydroxyl groups is 1. The van der Waals surface area contributed by atoms with Crippen molar-refractivity contribution in [2.75, 3.05) is 13.1 Å². The van der Waals surface area contributed by atoms with Crippen molar-refractivity contribution in [3.05, 3.63) is 76.8 Å². The van der Waals surface area contributed by atoms with Gasteiger partial charge in [-0.3, -0.25) is 9.69 Å². The summed E-state index contributed by atoms with van der Waals surface area (Å²) in [5.41, 5.74) is 5.19. The fraction of sp³-hybridized carbons (Fsp3) is 0.304. The molecule has 0 unspecified atom stereocenters. The minimum atomic E-state index is -0.0749. The smallest absolute Gasteiger partial charge is 0.243 e. The van der Waals surface area contributed by atoms with E-state index in [1.54, 1.807) is 12.1 Å². The molecule has 1 fully saturated rings. The van der Waals surface area contributed by atoms with Gasteiger partial charge in [-0.15, -0.1) is 6.58 Å². The number of allylic oxidation sites excluding steroid dienone is 1. The number of piperidine rings is 1. The standard InChI is InChI=1S/C23H26ClN3O2/c1-2-4-18-5-3-6-20(22(18)28)15-25-26-23(29)19-11-13-27(14-12-19)16-17-7-9-21(24)10-8-17/h2-3,5-10,15,19,28H,1,4,11-14,16H2,(H,26,29)/b25-15-. The highest BCUT2D eigenvalue weighted by Crippen LogP contribution is 2.22.